The lowest BCUT2D eigenvalue weighted by Gasteiger charge is -2.09. The molecule has 1 aliphatic carbocycles. The third kappa shape index (κ3) is 5.37. The number of halogens is 6. The summed E-state index contributed by atoms with van der Waals surface area (Å²) in [6.45, 7) is -2.59. The second-order valence-electron chi connectivity index (χ2n) is 6.56. The van der Waals surface area contributed by atoms with E-state index in [-0.39, 0.29) is 35.3 Å². The van der Waals surface area contributed by atoms with Gasteiger partial charge in [0, 0.05) is 24.6 Å². The van der Waals surface area contributed by atoms with E-state index in [9.17, 15) is 26.7 Å². The summed E-state index contributed by atoms with van der Waals surface area (Å²) in [5.74, 6) is -0.527. The summed E-state index contributed by atoms with van der Waals surface area (Å²) in [4.78, 5) is 12.1. The van der Waals surface area contributed by atoms with E-state index in [1.807, 2.05) is 0 Å². The minimum Gasteiger partial charge on any atom is -0.435 e. The van der Waals surface area contributed by atoms with Crippen LogP contribution in [0.5, 0.6) is 5.75 Å². The molecule has 1 fully saturated rings. The number of amides is 1. The lowest BCUT2D eigenvalue weighted by molar-refractivity contribution is -0.141. The van der Waals surface area contributed by atoms with Crippen molar-refractivity contribution in [3.63, 3.8) is 0 Å². The molecule has 0 saturated heterocycles. The first-order valence-electron chi connectivity index (χ1n) is 8.83. The highest BCUT2D eigenvalue weighted by atomic mass is 35.5. The molecule has 0 bridgehead atoms. The molecule has 3 rings (SSSR count). The molecule has 1 amide bonds. The Bertz CT molecular complexity index is 864. The second-order valence-corrected chi connectivity index (χ2v) is 6.93. The maximum atomic E-state index is 13.0. The molecule has 1 aromatic carbocycles. The zero-order chi connectivity index (χ0) is 21.2. The molecule has 0 aliphatic heterocycles. The number of nitrogens with one attached hydrogen (secondary N) is 1. The SMILES string of the molecule is O=C(NCCCn1nc(C(F)(F)F)c(Cl)c1C1CC1)c1ccc(OC(F)F)cc1. The molecule has 1 aliphatic rings. The minimum absolute atomic E-state index is 0.0188. The van der Waals surface area contributed by atoms with Crippen LogP contribution in [0.3, 0.4) is 0 Å². The Kier molecular flexibility index (Phi) is 6.30. The Morgan fingerprint density at radius 2 is 1.93 bits per heavy atom. The molecule has 1 aromatic heterocycles. The Morgan fingerprint density at radius 3 is 2.48 bits per heavy atom. The van der Waals surface area contributed by atoms with Gasteiger partial charge in [-0.2, -0.15) is 27.1 Å². The second kappa shape index (κ2) is 8.56. The van der Waals surface area contributed by atoms with Gasteiger partial charge >= 0.3 is 12.8 Å². The van der Waals surface area contributed by atoms with Crippen molar-refractivity contribution in [1.82, 2.24) is 15.1 Å². The number of carbonyl (C=O) groups is 1. The van der Waals surface area contributed by atoms with E-state index < -0.39 is 24.4 Å². The van der Waals surface area contributed by atoms with Crippen LogP contribution in [0.15, 0.2) is 24.3 Å². The Hall–Kier alpha value is -2.36. The third-order valence-corrected chi connectivity index (χ3v) is 4.71. The lowest BCUT2D eigenvalue weighted by Crippen LogP contribution is -2.25. The number of hydrogen-bond donors (Lipinski definition) is 1. The van der Waals surface area contributed by atoms with Crippen LogP contribution < -0.4 is 10.1 Å². The molecule has 0 spiro atoms. The van der Waals surface area contributed by atoms with Gasteiger partial charge in [0.1, 0.15) is 5.75 Å². The number of carbonyl (C=O) groups excluding carboxylic acids is 1. The first-order chi connectivity index (χ1) is 13.7. The van der Waals surface area contributed by atoms with E-state index >= 15 is 0 Å². The maximum Gasteiger partial charge on any atom is 0.436 e. The molecular formula is C18H17ClF5N3O2. The van der Waals surface area contributed by atoms with Crippen molar-refractivity contribution in [3.8, 4) is 5.75 Å². The Morgan fingerprint density at radius 1 is 1.28 bits per heavy atom. The molecule has 11 heteroatoms. The predicted molar refractivity (Wildman–Crippen MR) is 94.2 cm³/mol. The Labute approximate surface area is 167 Å². The average molecular weight is 438 g/mol. The normalized spacial score (nSPS) is 14.3. The zero-order valence-corrected chi connectivity index (χ0v) is 15.7. The van der Waals surface area contributed by atoms with Crippen molar-refractivity contribution < 1.29 is 31.5 Å². The number of nitrogens with zero attached hydrogens (tertiary/aromatic N) is 2. The van der Waals surface area contributed by atoms with Crippen LogP contribution >= 0.6 is 11.6 Å². The molecule has 0 atom stereocenters. The van der Waals surface area contributed by atoms with Crippen LogP contribution in [-0.2, 0) is 12.7 Å². The lowest BCUT2D eigenvalue weighted by atomic mass is 10.2. The number of rotatable bonds is 8. The summed E-state index contributed by atoms with van der Waals surface area (Å²) in [7, 11) is 0. The first-order valence-corrected chi connectivity index (χ1v) is 9.21. The molecular weight excluding hydrogens is 421 g/mol. The van der Waals surface area contributed by atoms with Crippen LogP contribution in [0.2, 0.25) is 5.02 Å². The zero-order valence-electron chi connectivity index (χ0n) is 15.0. The summed E-state index contributed by atoms with van der Waals surface area (Å²) in [5.41, 5.74) is -0.456. The highest BCUT2D eigenvalue weighted by Gasteiger charge is 2.41. The van der Waals surface area contributed by atoms with Gasteiger partial charge < -0.3 is 10.1 Å². The Balaban J connectivity index is 1.55. The fourth-order valence-corrected chi connectivity index (χ4v) is 3.27. The van der Waals surface area contributed by atoms with Gasteiger partial charge in [0.25, 0.3) is 5.91 Å². The van der Waals surface area contributed by atoms with Gasteiger partial charge in [-0.15, -0.1) is 0 Å². The number of alkyl halides is 5. The monoisotopic (exact) mass is 437 g/mol. The van der Waals surface area contributed by atoms with Crippen LogP contribution in [0, 0.1) is 0 Å². The highest BCUT2D eigenvalue weighted by Crippen LogP contribution is 2.46. The van der Waals surface area contributed by atoms with Gasteiger partial charge in [0.05, 0.1) is 10.7 Å². The first kappa shape index (κ1) is 21.4. The minimum atomic E-state index is -4.62. The maximum absolute atomic E-state index is 13.0. The van der Waals surface area contributed by atoms with E-state index in [4.69, 9.17) is 11.6 Å². The molecule has 158 valence electrons. The summed E-state index contributed by atoms with van der Waals surface area (Å²) >= 11 is 5.91. The summed E-state index contributed by atoms with van der Waals surface area (Å²) < 4.78 is 68.8. The predicted octanol–water partition coefficient (Wildman–Crippen LogP) is 4.85. The number of benzene rings is 1. The van der Waals surface area contributed by atoms with Gasteiger partial charge in [-0.05, 0) is 43.5 Å². The molecule has 1 heterocycles. The van der Waals surface area contributed by atoms with Gasteiger partial charge in [-0.25, -0.2) is 0 Å². The molecule has 29 heavy (non-hydrogen) atoms. The summed E-state index contributed by atoms with van der Waals surface area (Å²) in [5, 5.41) is 5.89. The van der Waals surface area contributed by atoms with Gasteiger partial charge in [-0.3, -0.25) is 9.48 Å². The van der Waals surface area contributed by atoms with E-state index in [0.717, 1.165) is 12.8 Å². The van der Waals surface area contributed by atoms with Gasteiger partial charge in [-0.1, -0.05) is 11.6 Å². The van der Waals surface area contributed by atoms with Crippen LogP contribution in [0.25, 0.3) is 0 Å². The van der Waals surface area contributed by atoms with Crippen LogP contribution in [-0.4, -0.2) is 28.8 Å². The molecule has 0 radical (unpaired) electrons. The fraction of sp³-hybridized carbons (Fsp3) is 0.444. The van der Waals surface area contributed by atoms with Crippen molar-refractivity contribution >= 4 is 17.5 Å². The molecule has 5 nitrogen and oxygen atoms in total. The van der Waals surface area contributed by atoms with E-state index in [1.165, 1.54) is 28.9 Å². The number of ether oxygens (including phenoxy) is 1. The number of hydrogen-bond acceptors (Lipinski definition) is 3. The summed E-state index contributed by atoms with van der Waals surface area (Å²) in [6, 6.07) is 5.16. The molecule has 1 saturated carbocycles. The molecule has 2 aromatic rings. The smallest absolute Gasteiger partial charge is 0.435 e. The third-order valence-electron chi connectivity index (χ3n) is 4.34. The molecule has 1 N–H and O–H groups in total. The van der Waals surface area contributed by atoms with E-state index in [2.05, 4.69) is 15.2 Å². The number of aromatic nitrogens is 2. The van der Waals surface area contributed by atoms with Crippen LogP contribution in [0.4, 0.5) is 22.0 Å². The highest BCUT2D eigenvalue weighted by molar-refractivity contribution is 6.32. The van der Waals surface area contributed by atoms with Crippen molar-refractivity contribution in [2.45, 2.75) is 44.5 Å². The van der Waals surface area contributed by atoms with Gasteiger partial charge in [0.2, 0.25) is 0 Å². The van der Waals surface area contributed by atoms with Crippen molar-refractivity contribution in [2.24, 2.45) is 0 Å². The van der Waals surface area contributed by atoms with Crippen molar-refractivity contribution in [2.75, 3.05) is 6.54 Å². The summed E-state index contributed by atoms with van der Waals surface area (Å²) in [6.07, 6.45) is -2.75. The largest absolute Gasteiger partial charge is 0.436 e. The standard InChI is InChI=1S/C18H17ClF5N3O2/c19-13-14(10-2-3-10)27(26-15(13)18(22,23)24)9-1-8-25-16(28)11-4-6-12(7-5-11)29-17(20)21/h4-7,10,17H,1-3,8-9H2,(H,25,28). The fourth-order valence-electron chi connectivity index (χ4n) is 2.87. The average Bonchev–Trinajstić information content (AvgIpc) is 3.41. The van der Waals surface area contributed by atoms with Crippen LogP contribution in [0.1, 0.15) is 46.9 Å². The van der Waals surface area contributed by atoms with Crippen molar-refractivity contribution in [3.05, 3.63) is 46.2 Å². The topological polar surface area (TPSA) is 56.2 Å². The van der Waals surface area contributed by atoms with Crippen molar-refractivity contribution in [1.29, 1.82) is 0 Å². The van der Waals surface area contributed by atoms with E-state index in [0.29, 0.717) is 12.1 Å². The molecule has 0 unspecified atom stereocenters. The van der Waals surface area contributed by atoms with Gasteiger partial charge in [0.15, 0.2) is 5.69 Å². The number of aryl methyl sites for hydroxylation is 1. The quantitative estimate of drug-likeness (QED) is 0.474. The van der Waals surface area contributed by atoms with E-state index in [1.54, 1.807) is 0 Å².